The first-order chi connectivity index (χ1) is 9.54. The minimum Gasteiger partial charge on any atom is -0.369 e. The molecule has 0 bridgehead atoms. The maximum absolute atomic E-state index is 4.65. The van der Waals surface area contributed by atoms with E-state index in [9.17, 15) is 0 Å². The maximum Gasteiger partial charge on any atom is 0.227 e. The number of anilines is 2. The van der Waals surface area contributed by atoms with Gasteiger partial charge in [-0.3, -0.25) is 0 Å². The largest absolute Gasteiger partial charge is 0.369 e. The first-order valence-corrected chi connectivity index (χ1v) is 7.51. The van der Waals surface area contributed by atoms with Crippen LogP contribution < -0.4 is 10.2 Å². The highest BCUT2D eigenvalue weighted by molar-refractivity contribution is 5.41. The van der Waals surface area contributed by atoms with Gasteiger partial charge < -0.3 is 15.1 Å². The Labute approximate surface area is 122 Å². The summed E-state index contributed by atoms with van der Waals surface area (Å²) in [7, 11) is 4.15. The SMILES string of the molecule is CC1CC(C)CN(c2nccc(NCCN(C)C)n2)C1. The molecule has 2 atom stereocenters. The van der Waals surface area contributed by atoms with Crippen LogP contribution in [0.1, 0.15) is 20.3 Å². The summed E-state index contributed by atoms with van der Waals surface area (Å²) in [6, 6.07) is 1.94. The Hall–Kier alpha value is -1.36. The Kier molecular flexibility index (Phi) is 5.17. The lowest BCUT2D eigenvalue weighted by atomic mass is 9.92. The van der Waals surface area contributed by atoms with E-state index in [1.165, 1.54) is 6.42 Å². The van der Waals surface area contributed by atoms with Crippen LogP contribution >= 0.6 is 0 Å². The molecule has 5 nitrogen and oxygen atoms in total. The lowest BCUT2D eigenvalue weighted by Gasteiger charge is -2.35. The van der Waals surface area contributed by atoms with E-state index in [1.54, 1.807) is 0 Å². The Bertz CT molecular complexity index is 410. The second kappa shape index (κ2) is 6.88. The van der Waals surface area contributed by atoms with Crippen molar-refractivity contribution < 1.29 is 0 Å². The summed E-state index contributed by atoms with van der Waals surface area (Å²) in [5.41, 5.74) is 0. The molecule has 0 aliphatic carbocycles. The Morgan fingerprint density at radius 3 is 2.65 bits per heavy atom. The van der Waals surface area contributed by atoms with Crippen molar-refractivity contribution >= 4 is 11.8 Å². The van der Waals surface area contributed by atoms with E-state index in [0.717, 1.165) is 37.9 Å². The van der Waals surface area contributed by atoms with E-state index >= 15 is 0 Å². The van der Waals surface area contributed by atoms with E-state index in [2.05, 4.69) is 53.0 Å². The molecule has 0 spiro atoms. The van der Waals surface area contributed by atoms with Crippen LogP contribution in [0.25, 0.3) is 0 Å². The van der Waals surface area contributed by atoms with Crippen molar-refractivity contribution in [2.45, 2.75) is 20.3 Å². The fraction of sp³-hybridized carbons (Fsp3) is 0.733. The lowest BCUT2D eigenvalue weighted by Crippen LogP contribution is -2.39. The van der Waals surface area contributed by atoms with Crippen LogP contribution in [-0.2, 0) is 0 Å². The zero-order valence-corrected chi connectivity index (χ0v) is 13.1. The van der Waals surface area contributed by atoms with Crippen LogP contribution in [0.2, 0.25) is 0 Å². The van der Waals surface area contributed by atoms with Gasteiger partial charge in [-0.2, -0.15) is 4.98 Å². The first-order valence-electron chi connectivity index (χ1n) is 7.51. The summed E-state index contributed by atoms with van der Waals surface area (Å²) in [5, 5.41) is 3.36. The molecule has 2 rings (SSSR count). The van der Waals surface area contributed by atoms with Crippen molar-refractivity contribution in [2.75, 3.05) is 50.5 Å². The molecule has 0 aromatic carbocycles. The molecule has 2 heterocycles. The summed E-state index contributed by atoms with van der Waals surface area (Å²) < 4.78 is 0. The van der Waals surface area contributed by atoms with Gasteiger partial charge in [0.2, 0.25) is 5.95 Å². The summed E-state index contributed by atoms with van der Waals surface area (Å²) >= 11 is 0. The van der Waals surface area contributed by atoms with Crippen molar-refractivity contribution in [2.24, 2.45) is 11.8 Å². The van der Waals surface area contributed by atoms with Gasteiger partial charge >= 0.3 is 0 Å². The van der Waals surface area contributed by atoms with E-state index in [4.69, 9.17) is 0 Å². The minimum atomic E-state index is 0.715. The van der Waals surface area contributed by atoms with Crippen LogP contribution in [0.5, 0.6) is 0 Å². The van der Waals surface area contributed by atoms with E-state index in [-0.39, 0.29) is 0 Å². The lowest BCUT2D eigenvalue weighted by molar-refractivity contribution is 0.353. The fourth-order valence-electron chi connectivity index (χ4n) is 2.83. The molecule has 1 N–H and O–H groups in total. The Morgan fingerprint density at radius 2 is 2.00 bits per heavy atom. The number of likely N-dealkylation sites (N-methyl/N-ethyl adjacent to an activating group) is 1. The van der Waals surface area contributed by atoms with E-state index < -0.39 is 0 Å². The quantitative estimate of drug-likeness (QED) is 0.891. The molecule has 1 aromatic rings. The number of piperidine rings is 1. The van der Waals surface area contributed by atoms with Crippen molar-refractivity contribution in [3.8, 4) is 0 Å². The molecule has 112 valence electrons. The third-order valence-corrected chi connectivity index (χ3v) is 3.66. The van der Waals surface area contributed by atoms with Crippen LogP contribution in [-0.4, -0.2) is 55.1 Å². The zero-order chi connectivity index (χ0) is 14.5. The zero-order valence-electron chi connectivity index (χ0n) is 13.1. The third kappa shape index (κ3) is 4.34. The Morgan fingerprint density at radius 1 is 1.30 bits per heavy atom. The van der Waals surface area contributed by atoms with Crippen LogP contribution in [0, 0.1) is 11.8 Å². The predicted molar refractivity (Wildman–Crippen MR) is 84.2 cm³/mol. The summed E-state index contributed by atoms with van der Waals surface area (Å²) in [6.45, 7) is 8.63. The molecule has 1 aliphatic heterocycles. The normalized spacial score (nSPS) is 23.1. The van der Waals surface area contributed by atoms with E-state index in [1.807, 2.05) is 12.3 Å². The molecule has 1 aliphatic rings. The molecule has 2 unspecified atom stereocenters. The highest BCUT2D eigenvalue weighted by Crippen LogP contribution is 2.24. The number of nitrogens with one attached hydrogen (secondary N) is 1. The molecule has 1 saturated heterocycles. The minimum absolute atomic E-state index is 0.715. The van der Waals surface area contributed by atoms with Gasteiger partial charge in [-0.05, 0) is 38.4 Å². The van der Waals surface area contributed by atoms with Crippen LogP contribution in [0.4, 0.5) is 11.8 Å². The van der Waals surface area contributed by atoms with Gasteiger partial charge in [-0.25, -0.2) is 4.98 Å². The second-order valence-electron chi connectivity index (χ2n) is 6.32. The third-order valence-electron chi connectivity index (χ3n) is 3.66. The monoisotopic (exact) mass is 277 g/mol. The van der Waals surface area contributed by atoms with E-state index in [0.29, 0.717) is 11.8 Å². The first kappa shape index (κ1) is 15.0. The summed E-state index contributed by atoms with van der Waals surface area (Å²) in [6.07, 6.45) is 3.15. The van der Waals surface area contributed by atoms with Gasteiger partial charge in [-0.15, -0.1) is 0 Å². The average Bonchev–Trinajstić information content (AvgIpc) is 2.37. The van der Waals surface area contributed by atoms with Crippen molar-refractivity contribution in [3.05, 3.63) is 12.3 Å². The molecule has 5 heteroatoms. The summed E-state index contributed by atoms with van der Waals surface area (Å²) in [5.74, 6) is 3.21. The molecule has 1 fully saturated rings. The van der Waals surface area contributed by atoms with Crippen molar-refractivity contribution in [1.29, 1.82) is 0 Å². The average molecular weight is 277 g/mol. The van der Waals surface area contributed by atoms with Gasteiger partial charge in [-0.1, -0.05) is 13.8 Å². The fourth-order valence-corrected chi connectivity index (χ4v) is 2.83. The van der Waals surface area contributed by atoms with Gasteiger partial charge in [0.05, 0.1) is 0 Å². The molecule has 0 amide bonds. The van der Waals surface area contributed by atoms with Gasteiger partial charge in [0.1, 0.15) is 5.82 Å². The van der Waals surface area contributed by atoms with Crippen LogP contribution in [0.3, 0.4) is 0 Å². The number of hydrogen-bond acceptors (Lipinski definition) is 5. The molecular weight excluding hydrogens is 250 g/mol. The smallest absolute Gasteiger partial charge is 0.227 e. The standard InChI is InChI=1S/C15H27N5/c1-12-9-13(2)11-20(10-12)15-17-6-5-14(18-15)16-7-8-19(3)4/h5-6,12-13H,7-11H2,1-4H3,(H,16,17,18). The number of aromatic nitrogens is 2. The molecule has 1 aromatic heterocycles. The highest BCUT2D eigenvalue weighted by Gasteiger charge is 2.23. The van der Waals surface area contributed by atoms with Crippen molar-refractivity contribution in [3.63, 3.8) is 0 Å². The topological polar surface area (TPSA) is 44.3 Å². The number of rotatable bonds is 5. The van der Waals surface area contributed by atoms with Gasteiger partial charge in [0.25, 0.3) is 0 Å². The molecule has 0 saturated carbocycles. The highest BCUT2D eigenvalue weighted by atomic mass is 15.3. The maximum atomic E-state index is 4.65. The molecule has 20 heavy (non-hydrogen) atoms. The molecule has 0 radical (unpaired) electrons. The van der Waals surface area contributed by atoms with Gasteiger partial charge in [0.15, 0.2) is 0 Å². The number of hydrogen-bond donors (Lipinski definition) is 1. The van der Waals surface area contributed by atoms with Crippen LogP contribution in [0.15, 0.2) is 12.3 Å². The molecular formula is C15H27N5. The summed E-state index contributed by atoms with van der Waals surface area (Å²) in [4.78, 5) is 13.6. The van der Waals surface area contributed by atoms with Crippen molar-refractivity contribution in [1.82, 2.24) is 14.9 Å². The van der Waals surface area contributed by atoms with Gasteiger partial charge in [0, 0.05) is 32.4 Å². The predicted octanol–water partition coefficient (Wildman–Crippen LogP) is 1.93. The Balaban J connectivity index is 1.98. The second-order valence-corrected chi connectivity index (χ2v) is 6.32. The number of nitrogens with zero attached hydrogens (tertiary/aromatic N) is 4.